The molecular formula is C12H8FN3. The van der Waals surface area contributed by atoms with Crippen molar-refractivity contribution in [2.24, 2.45) is 5.11 Å². The Morgan fingerprint density at radius 3 is 2.25 bits per heavy atom. The van der Waals surface area contributed by atoms with Crippen molar-refractivity contribution in [3.63, 3.8) is 0 Å². The molecule has 0 N–H and O–H groups in total. The molecule has 0 aliphatic rings. The maximum absolute atomic E-state index is 13.6. The van der Waals surface area contributed by atoms with Crippen LogP contribution in [0.3, 0.4) is 0 Å². The van der Waals surface area contributed by atoms with Crippen LogP contribution >= 0.6 is 0 Å². The van der Waals surface area contributed by atoms with Crippen LogP contribution in [0.1, 0.15) is 0 Å². The highest BCUT2D eigenvalue weighted by molar-refractivity contribution is 5.75. The van der Waals surface area contributed by atoms with Crippen molar-refractivity contribution in [2.75, 3.05) is 0 Å². The molecule has 0 saturated heterocycles. The normalized spacial score (nSPS) is 9.56. The Morgan fingerprint density at radius 2 is 1.56 bits per heavy atom. The second-order valence-electron chi connectivity index (χ2n) is 3.19. The van der Waals surface area contributed by atoms with Crippen LogP contribution in [0, 0.1) is 5.82 Å². The highest BCUT2D eigenvalue weighted by atomic mass is 19.1. The molecule has 0 fully saturated rings. The van der Waals surface area contributed by atoms with Crippen LogP contribution < -0.4 is 0 Å². The number of rotatable bonds is 2. The predicted molar refractivity (Wildman–Crippen MR) is 60.6 cm³/mol. The molecule has 0 aliphatic heterocycles. The Bertz CT molecular complexity index is 560. The van der Waals surface area contributed by atoms with Crippen molar-refractivity contribution in [1.82, 2.24) is 0 Å². The lowest BCUT2D eigenvalue weighted by Crippen LogP contribution is -1.83. The molecule has 0 unspecified atom stereocenters. The zero-order valence-electron chi connectivity index (χ0n) is 8.34. The molecule has 2 aromatic carbocycles. The molecule has 3 nitrogen and oxygen atoms in total. The number of benzene rings is 2. The lowest BCUT2D eigenvalue weighted by Gasteiger charge is -2.05. The summed E-state index contributed by atoms with van der Waals surface area (Å²) in [5.41, 5.74) is 9.88. The van der Waals surface area contributed by atoms with Gasteiger partial charge in [-0.15, -0.1) is 0 Å². The minimum Gasteiger partial charge on any atom is -0.206 e. The van der Waals surface area contributed by atoms with E-state index in [1.807, 2.05) is 0 Å². The first-order valence-electron chi connectivity index (χ1n) is 4.72. The van der Waals surface area contributed by atoms with E-state index in [0.29, 0.717) is 16.8 Å². The van der Waals surface area contributed by atoms with Gasteiger partial charge in [-0.3, -0.25) is 0 Å². The van der Waals surface area contributed by atoms with Crippen LogP contribution in [0.25, 0.3) is 21.6 Å². The Balaban J connectivity index is 2.64. The van der Waals surface area contributed by atoms with E-state index in [1.165, 1.54) is 6.07 Å². The smallest absolute Gasteiger partial charge is 0.131 e. The SMILES string of the molecule is [N-]=[N+]=Nc1ccccc1-c1ccccc1F. The Kier molecular flexibility index (Phi) is 2.85. The molecule has 0 atom stereocenters. The van der Waals surface area contributed by atoms with Crippen molar-refractivity contribution in [1.29, 1.82) is 0 Å². The van der Waals surface area contributed by atoms with Crippen LogP contribution in [-0.2, 0) is 0 Å². The standard InChI is InChI=1S/C12H8FN3/c13-11-7-3-1-5-9(11)10-6-2-4-8-12(10)15-16-14/h1-8H. The van der Waals surface area contributed by atoms with E-state index in [4.69, 9.17) is 5.53 Å². The number of nitrogens with zero attached hydrogens (tertiary/aromatic N) is 3. The second-order valence-corrected chi connectivity index (χ2v) is 3.19. The van der Waals surface area contributed by atoms with Gasteiger partial charge in [0.25, 0.3) is 0 Å². The average Bonchev–Trinajstić information content (AvgIpc) is 2.31. The summed E-state index contributed by atoms with van der Waals surface area (Å²) in [4.78, 5) is 2.72. The third-order valence-electron chi connectivity index (χ3n) is 2.22. The summed E-state index contributed by atoms with van der Waals surface area (Å²) in [6.45, 7) is 0. The molecule has 0 radical (unpaired) electrons. The molecule has 0 heterocycles. The maximum atomic E-state index is 13.6. The van der Waals surface area contributed by atoms with Gasteiger partial charge in [0.1, 0.15) is 5.82 Å². The van der Waals surface area contributed by atoms with Crippen molar-refractivity contribution >= 4 is 5.69 Å². The third-order valence-corrected chi connectivity index (χ3v) is 2.22. The van der Waals surface area contributed by atoms with Crippen molar-refractivity contribution in [3.05, 3.63) is 64.8 Å². The van der Waals surface area contributed by atoms with Gasteiger partial charge in [-0.2, -0.15) is 0 Å². The van der Waals surface area contributed by atoms with Crippen molar-refractivity contribution < 1.29 is 4.39 Å². The van der Waals surface area contributed by atoms with Gasteiger partial charge in [-0.05, 0) is 17.2 Å². The molecule has 78 valence electrons. The van der Waals surface area contributed by atoms with E-state index < -0.39 is 0 Å². The largest absolute Gasteiger partial charge is 0.206 e. The minimum absolute atomic E-state index is 0.330. The van der Waals surface area contributed by atoms with Crippen LogP contribution in [-0.4, -0.2) is 0 Å². The lowest BCUT2D eigenvalue weighted by molar-refractivity contribution is 0.631. The van der Waals surface area contributed by atoms with Gasteiger partial charge in [0, 0.05) is 16.2 Å². The predicted octanol–water partition coefficient (Wildman–Crippen LogP) is 4.43. The molecule has 0 saturated carbocycles. The molecule has 0 amide bonds. The zero-order chi connectivity index (χ0) is 11.4. The molecule has 0 aromatic heterocycles. The first-order chi connectivity index (χ1) is 7.83. The summed E-state index contributed by atoms with van der Waals surface area (Å²) in [5, 5.41) is 3.54. The number of halogens is 1. The summed E-state index contributed by atoms with van der Waals surface area (Å²) < 4.78 is 13.6. The van der Waals surface area contributed by atoms with Crippen LogP contribution in [0.15, 0.2) is 53.6 Å². The summed E-state index contributed by atoms with van der Waals surface area (Å²) in [7, 11) is 0. The number of hydrogen-bond acceptors (Lipinski definition) is 1. The van der Waals surface area contributed by atoms with Gasteiger partial charge in [-0.25, -0.2) is 4.39 Å². The van der Waals surface area contributed by atoms with E-state index >= 15 is 0 Å². The van der Waals surface area contributed by atoms with Crippen molar-refractivity contribution in [3.8, 4) is 11.1 Å². The first-order valence-corrected chi connectivity index (χ1v) is 4.72. The molecule has 0 aliphatic carbocycles. The van der Waals surface area contributed by atoms with Crippen molar-refractivity contribution in [2.45, 2.75) is 0 Å². The molecule has 2 rings (SSSR count). The Morgan fingerprint density at radius 1 is 0.938 bits per heavy atom. The molecule has 0 bridgehead atoms. The Hall–Kier alpha value is -2.32. The highest BCUT2D eigenvalue weighted by Crippen LogP contribution is 2.31. The maximum Gasteiger partial charge on any atom is 0.131 e. The summed E-state index contributed by atoms with van der Waals surface area (Å²) in [5.74, 6) is -0.330. The van der Waals surface area contributed by atoms with Crippen LogP contribution in [0.4, 0.5) is 10.1 Å². The average molecular weight is 213 g/mol. The van der Waals surface area contributed by atoms with E-state index in [9.17, 15) is 4.39 Å². The fraction of sp³-hybridized carbons (Fsp3) is 0. The third kappa shape index (κ3) is 1.87. The molecular weight excluding hydrogens is 205 g/mol. The van der Waals surface area contributed by atoms with Gasteiger partial charge < -0.3 is 0 Å². The highest BCUT2D eigenvalue weighted by Gasteiger charge is 2.06. The van der Waals surface area contributed by atoms with Gasteiger partial charge in [0.2, 0.25) is 0 Å². The topological polar surface area (TPSA) is 48.8 Å². The van der Waals surface area contributed by atoms with Gasteiger partial charge >= 0.3 is 0 Å². The molecule has 4 heteroatoms. The lowest BCUT2D eigenvalue weighted by atomic mass is 10.0. The van der Waals surface area contributed by atoms with E-state index in [1.54, 1.807) is 42.5 Å². The monoisotopic (exact) mass is 213 g/mol. The van der Waals surface area contributed by atoms with Crippen LogP contribution in [0.5, 0.6) is 0 Å². The number of hydrogen-bond donors (Lipinski definition) is 0. The number of azide groups is 1. The minimum atomic E-state index is -0.330. The molecule has 16 heavy (non-hydrogen) atoms. The van der Waals surface area contributed by atoms with Crippen LogP contribution in [0.2, 0.25) is 0 Å². The molecule has 2 aromatic rings. The fourth-order valence-electron chi connectivity index (χ4n) is 1.52. The molecule has 0 spiro atoms. The van der Waals surface area contributed by atoms with E-state index in [2.05, 4.69) is 10.0 Å². The first kappa shape index (κ1) is 10.2. The summed E-state index contributed by atoms with van der Waals surface area (Å²) in [6.07, 6.45) is 0. The van der Waals surface area contributed by atoms with E-state index in [-0.39, 0.29) is 5.82 Å². The second kappa shape index (κ2) is 4.47. The summed E-state index contributed by atoms with van der Waals surface area (Å²) >= 11 is 0. The quantitative estimate of drug-likeness (QED) is 0.402. The van der Waals surface area contributed by atoms with E-state index in [0.717, 1.165) is 0 Å². The fourth-order valence-corrected chi connectivity index (χ4v) is 1.52. The zero-order valence-corrected chi connectivity index (χ0v) is 8.34. The Labute approximate surface area is 91.8 Å². The van der Waals surface area contributed by atoms with Gasteiger partial charge in [0.15, 0.2) is 0 Å². The van der Waals surface area contributed by atoms with Gasteiger partial charge in [-0.1, -0.05) is 47.6 Å². The van der Waals surface area contributed by atoms with Gasteiger partial charge in [0.05, 0.1) is 0 Å². The summed E-state index contributed by atoms with van der Waals surface area (Å²) in [6, 6.07) is 13.3.